The molecule has 7 nitrogen and oxygen atoms in total. The van der Waals surface area contributed by atoms with Crippen molar-refractivity contribution >= 4 is 18.0 Å². The van der Waals surface area contributed by atoms with Crippen molar-refractivity contribution in [2.45, 2.75) is 32.0 Å². The SMILES string of the molecule is C[C@H](NC(=O)[C@H](Cc1ccccc1)NC(=O)OCc1ccccc1)C(=O)[O-]. The fourth-order valence-electron chi connectivity index (χ4n) is 2.34. The van der Waals surface area contributed by atoms with E-state index in [2.05, 4.69) is 10.6 Å². The smallest absolute Gasteiger partial charge is 0.408 e. The molecule has 2 amide bonds. The summed E-state index contributed by atoms with van der Waals surface area (Å²) in [6, 6.07) is 16.0. The van der Waals surface area contributed by atoms with Gasteiger partial charge in [0.05, 0.1) is 12.0 Å². The Balaban J connectivity index is 2.00. The topological polar surface area (TPSA) is 108 Å². The maximum absolute atomic E-state index is 12.4. The molecule has 0 saturated carbocycles. The van der Waals surface area contributed by atoms with Gasteiger partial charge in [-0.2, -0.15) is 0 Å². The molecule has 2 N–H and O–H groups in total. The molecule has 0 bridgehead atoms. The van der Waals surface area contributed by atoms with Gasteiger partial charge in [0, 0.05) is 6.42 Å². The van der Waals surface area contributed by atoms with Crippen molar-refractivity contribution in [2.24, 2.45) is 0 Å². The van der Waals surface area contributed by atoms with Gasteiger partial charge in [-0.1, -0.05) is 60.7 Å². The quantitative estimate of drug-likeness (QED) is 0.715. The van der Waals surface area contributed by atoms with E-state index in [1.807, 2.05) is 48.5 Å². The van der Waals surface area contributed by atoms with Crippen LogP contribution in [0.25, 0.3) is 0 Å². The van der Waals surface area contributed by atoms with Crippen LogP contribution in [-0.4, -0.2) is 30.1 Å². The number of nitrogens with one attached hydrogen (secondary N) is 2. The lowest BCUT2D eigenvalue weighted by molar-refractivity contribution is -0.307. The van der Waals surface area contributed by atoms with Crippen LogP contribution in [0, 0.1) is 0 Å². The number of aliphatic carboxylic acids is 1. The molecule has 2 aromatic rings. The first-order chi connectivity index (χ1) is 13.0. The van der Waals surface area contributed by atoms with Gasteiger partial charge in [-0.3, -0.25) is 4.79 Å². The molecular formula is C20H21N2O5-. The molecule has 0 radical (unpaired) electrons. The van der Waals surface area contributed by atoms with Crippen LogP contribution >= 0.6 is 0 Å². The Bertz CT molecular complexity index is 764. The second-order valence-corrected chi connectivity index (χ2v) is 6.00. The number of amides is 2. The van der Waals surface area contributed by atoms with Crippen molar-refractivity contribution in [1.82, 2.24) is 10.6 Å². The van der Waals surface area contributed by atoms with Crippen molar-refractivity contribution in [3.05, 3.63) is 71.8 Å². The van der Waals surface area contributed by atoms with E-state index in [0.717, 1.165) is 11.1 Å². The Hall–Kier alpha value is -3.35. The van der Waals surface area contributed by atoms with Gasteiger partial charge in [-0.15, -0.1) is 0 Å². The van der Waals surface area contributed by atoms with E-state index >= 15 is 0 Å². The minimum absolute atomic E-state index is 0.0573. The Kier molecular flexibility index (Phi) is 7.37. The highest BCUT2D eigenvalue weighted by Crippen LogP contribution is 2.05. The molecule has 2 atom stereocenters. The average Bonchev–Trinajstić information content (AvgIpc) is 2.67. The van der Waals surface area contributed by atoms with Crippen LogP contribution in [0.2, 0.25) is 0 Å². The molecule has 27 heavy (non-hydrogen) atoms. The largest absolute Gasteiger partial charge is 0.548 e. The zero-order chi connectivity index (χ0) is 19.6. The zero-order valence-electron chi connectivity index (χ0n) is 14.9. The Morgan fingerprint density at radius 2 is 1.48 bits per heavy atom. The number of hydrogen-bond acceptors (Lipinski definition) is 5. The van der Waals surface area contributed by atoms with Crippen molar-refractivity contribution in [1.29, 1.82) is 0 Å². The molecule has 0 aliphatic carbocycles. The van der Waals surface area contributed by atoms with E-state index in [0.29, 0.717) is 0 Å². The van der Waals surface area contributed by atoms with Crippen LogP contribution in [-0.2, 0) is 27.4 Å². The van der Waals surface area contributed by atoms with Gasteiger partial charge in [0.2, 0.25) is 5.91 Å². The summed E-state index contributed by atoms with van der Waals surface area (Å²) in [5.41, 5.74) is 1.62. The summed E-state index contributed by atoms with van der Waals surface area (Å²) in [5, 5.41) is 15.7. The van der Waals surface area contributed by atoms with Crippen LogP contribution < -0.4 is 15.7 Å². The lowest BCUT2D eigenvalue weighted by Gasteiger charge is -2.21. The number of carbonyl (C=O) groups is 3. The van der Waals surface area contributed by atoms with Gasteiger partial charge in [0.15, 0.2) is 0 Å². The fraction of sp³-hybridized carbons (Fsp3) is 0.250. The molecule has 2 rings (SSSR count). The Morgan fingerprint density at radius 3 is 2.04 bits per heavy atom. The highest BCUT2D eigenvalue weighted by atomic mass is 16.5. The van der Waals surface area contributed by atoms with E-state index in [4.69, 9.17) is 4.74 Å². The second kappa shape index (κ2) is 9.96. The molecule has 0 aliphatic heterocycles. The lowest BCUT2D eigenvalue weighted by Crippen LogP contribution is -2.54. The number of hydrogen-bond donors (Lipinski definition) is 2. The molecule has 7 heteroatoms. The van der Waals surface area contributed by atoms with Crippen molar-refractivity contribution < 1.29 is 24.2 Å². The van der Waals surface area contributed by atoms with Crippen molar-refractivity contribution in [2.75, 3.05) is 0 Å². The second-order valence-electron chi connectivity index (χ2n) is 6.00. The van der Waals surface area contributed by atoms with E-state index < -0.39 is 30.1 Å². The number of alkyl carbamates (subject to hydrolysis) is 1. The van der Waals surface area contributed by atoms with Crippen LogP contribution in [0.5, 0.6) is 0 Å². The van der Waals surface area contributed by atoms with Gasteiger partial charge in [-0.25, -0.2) is 4.79 Å². The summed E-state index contributed by atoms with van der Waals surface area (Å²) in [6.45, 7) is 1.35. The molecule has 0 aromatic heterocycles. The lowest BCUT2D eigenvalue weighted by atomic mass is 10.1. The summed E-state index contributed by atoms with van der Waals surface area (Å²) < 4.78 is 5.14. The monoisotopic (exact) mass is 369 g/mol. The van der Waals surface area contributed by atoms with Crippen molar-refractivity contribution in [3.8, 4) is 0 Å². The highest BCUT2D eigenvalue weighted by molar-refractivity contribution is 5.88. The number of carboxylic acids is 1. The minimum atomic E-state index is -1.41. The summed E-state index contributed by atoms with van der Waals surface area (Å²) in [7, 11) is 0. The van der Waals surface area contributed by atoms with Crippen LogP contribution in [0.3, 0.4) is 0 Å². The van der Waals surface area contributed by atoms with Gasteiger partial charge in [0.25, 0.3) is 0 Å². The maximum Gasteiger partial charge on any atom is 0.408 e. The molecule has 0 unspecified atom stereocenters. The third-order valence-electron chi connectivity index (χ3n) is 3.82. The van der Waals surface area contributed by atoms with Crippen LogP contribution in [0.1, 0.15) is 18.1 Å². The number of benzene rings is 2. The highest BCUT2D eigenvalue weighted by Gasteiger charge is 2.23. The standard InChI is InChI=1S/C20H22N2O5/c1-14(19(24)25)21-18(23)17(12-15-8-4-2-5-9-15)22-20(26)27-13-16-10-6-3-7-11-16/h2-11,14,17H,12-13H2,1H3,(H,21,23)(H,22,26)(H,24,25)/p-1/t14-,17-/m0/s1. The molecule has 0 spiro atoms. The first-order valence-electron chi connectivity index (χ1n) is 8.48. The van der Waals surface area contributed by atoms with Gasteiger partial charge in [-0.05, 0) is 18.1 Å². The number of carboxylic acid groups (broad SMARTS) is 1. The van der Waals surface area contributed by atoms with Crippen LogP contribution in [0.15, 0.2) is 60.7 Å². The van der Waals surface area contributed by atoms with E-state index in [-0.39, 0.29) is 13.0 Å². The third kappa shape index (κ3) is 6.81. The predicted octanol–water partition coefficient (Wildman–Crippen LogP) is 0.779. The molecule has 0 heterocycles. The number of rotatable bonds is 8. The molecule has 2 aromatic carbocycles. The van der Waals surface area contributed by atoms with Gasteiger partial charge in [0.1, 0.15) is 12.6 Å². The van der Waals surface area contributed by atoms with Crippen LogP contribution in [0.4, 0.5) is 4.79 Å². The van der Waals surface area contributed by atoms with E-state index in [9.17, 15) is 19.5 Å². The minimum Gasteiger partial charge on any atom is -0.548 e. The normalized spacial score (nSPS) is 12.5. The first kappa shape index (κ1) is 20.0. The molecule has 0 fully saturated rings. The van der Waals surface area contributed by atoms with E-state index in [1.165, 1.54) is 6.92 Å². The third-order valence-corrected chi connectivity index (χ3v) is 3.82. The maximum atomic E-state index is 12.4. The van der Waals surface area contributed by atoms with Gasteiger partial charge < -0.3 is 25.3 Å². The van der Waals surface area contributed by atoms with Gasteiger partial charge >= 0.3 is 6.09 Å². The van der Waals surface area contributed by atoms with Crippen molar-refractivity contribution in [3.63, 3.8) is 0 Å². The summed E-state index contributed by atoms with van der Waals surface area (Å²) in [4.78, 5) is 35.4. The zero-order valence-corrected chi connectivity index (χ0v) is 14.9. The van der Waals surface area contributed by atoms with E-state index in [1.54, 1.807) is 12.1 Å². The molecule has 0 aliphatic rings. The molecule has 0 saturated heterocycles. The predicted molar refractivity (Wildman–Crippen MR) is 96.3 cm³/mol. The Labute approximate surface area is 157 Å². The number of carbonyl (C=O) groups excluding carboxylic acids is 3. The fourth-order valence-corrected chi connectivity index (χ4v) is 2.34. The number of ether oxygens (including phenoxy) is 1. The average molecular weight is 369 g/mol. The molecule has 142 valence electrons. The molecular weight excluding hydrogens is 348 g/mol. The Morgan fingerprint density at radius 1 is 0.926 bits per heavy atom. The summed E-state index contributed by atoms with van der Waals surface area (Å²) in [5.74, 6) is -2.04. The summed E-state index contributed by atoms with van der Waals surface area (Å²) in [6.07, 6.45) is -0.580. The summed E-state index contributed by atoms with van der Waals surface area (Å²) >= 11 is 0. The first-order valence-corrected chi connectivity index (χ1v) is 8.48.